The van der Waals surface area contributed by atoms with Gasteiger partial charge in [-0.1, -0.05) is 19.3 Å². The van der Waals surface area contributed by atoms with E-state index in [-0.39, 0.29) is 0 Å². The van der Waals surface area contributed by atoms with E-state index in [0.717, 1.165) is 22.8 Å². The Labute approximate surface area is 108 Å². The lowest BCUT2D eigenvalue weighted by atomic mass is 9.81. The molecule has 1 fully saturated rings. The number of H-pyrrole nitrogens is 1. The second kappa shape index (κ2) is 4.63. The predicted molar refractivity (Wildman–Crippen MR) is 75.9 cm³/mol. The average molecular weight is 243 g/mol. The van der Waals surface area contributed by atoms with Crippen LogP contribution in [-0.4, -0.2) is 16.0 Å². The van der Waals surface area contributed by atoms with E-state index < -0.39 is 0 Å². The Morgan fingerprint density at radius 1 is 1.44 bits per heavy atom. The van der Waals surface area contributed by atoms with Crippen LogP contribution in [0.1, 0.15) is 38.4 Å². The number of aryl methyl sites for hydroxylation is 1. The molecule has 2 N–H and O–H groups in total. The molecule has 1 aromatic carbocycles. The Kier molecular flexibility index (Phi) is 2.98. The minimum atomic E-state index is 0.553. The second-order valence-electron chi connectivity index (χ2n) is 5.63. The summed E-state index contributed by atoms with van der Waals surface area (Å²) in [5, 5.41) is 3.59. The van der Waals surface area contributed by atoms with Crippen molar-refractivity contribution in [2.45, 2.75) is 45.6 Å². The molecule has 1 atom stereocenters. The first kappa shape index (κ1) is 11.6. The molecule has 0 radical (unpaired) electrons. The number of aromatic amines is 1. The number of hydrogen-bond acceptors (Lipinski definition) is 2. The summed E-state index contributed by atoms with van der Waals surface area (Å²) in [5.74, 6) is 1.93. The number of hydrogen-bond donors (Lipinski definition) is 2. The van der Waals surface area contributed by atoms with Gasteiger partial charge in [-0.05, 0) is 44.4 Å². The Bertz CT molecular complexity index is 540. The van der Waals surface area contributed by atoms with E-state index >= 15 is 0 Å². The number of aromatic nitrogens is 2. The van der Waals surface area contributed by atoms with Gasteiger partial charge in [0.15, 0.2) is 0 Å². The number of nitrogens with zero attached hydrogens (tertiary/aromatic N) is 1. The molecular weight excluding hydrogens is 222 g/mol. The molecular formula is C15H21N3. The normalized spacial score (nSPS) is 17.7. The molecule has 1 aliphatic rings. The summed E-state index contributed by atoms with van der Waals surface area (Å²) in [6.07, 6.45) is 5.56. The first-order valence-electron chi connectivity index (χ1n) is 6.93. The second-order valence-corrected chi connectivity index (χ2v) is 5.63. The zero-order valence-electron chi connectivity index (χ0n) is 11.2. The molecule has 0 aliphatic heterocycles. The van der Waals surface area contributed by atoms with Gasteiger partial charge < -0.3 is 10.3 Å². The first-order chi connectivity index (χ1) is 8.70. The van der Waals surface area contributed by atoms with Crippen molar-refractivity contribution >= 4 is 16.7 Å². The van der Waals surface area contributed by atoms with E-state index in [1.807, 2.05) is 6.92 Å². The van der Waals surface area contributed by atoms with Gasteiger partial charge in [-0.2, -0.15) is 0 Å². The summed E-state index contributed by atoms with van der Waals surface area (Å²) >= 11 is 0. The molecule has 0 saturated heterocycles. The van der Waals surface area contributed by atoms with E-state index in [1.54, 1.807) is 0 Å². The minimum Gasteiger partial charge on any atom is -0.383 e. The van der Waals surface area contributed by atoms with Crippen LogP contribution in [0.25, 0.3) is 11.0 Å². The first-order valence-corrected chi connectivity index (χ1v) is 6.93. The van der Waals surface area contributed by atoms with E-state index in [9.17, 15) is 0 Å². The zero-order chi connectivity index (χ0) is 12.5. The van der Waals surface area contributed by atoms with E-state index in [2.05, 4.69) is 40.4 Å². The molecule has 1 aromatic heterocycles. The Morgan fingerprint density at radius 3 is 3.00 bits per heavy atom. The van der Waals surface area contributed by atoms with Gasteiger partial charge in [-0.3, -0.25) is 0 Å². The summed E-state index contributed by atoms with van der Waals surface area (Å²) in [5.41, 5.74) is 3.36. The Hall–Kier alpha value is -1.51. The van der Waals surface area contributed by atoms with Crippen LogP contribution in [0.3, 0.4) is 0 Å². The fourth-order valence-electron chi connectivity index (χ4n) is 2.80. The third kappa shape index (κ3) is 2.35. The molecule has 1 unspecified atom stereocenters. The van der Waals surface area contributed by atoms with Crippen LogP contribution in [0.4, 0.5) is 5.69 Å². The quantitative estimate of drug-likeness (QED) is 0.856. The van der Waals surface area contributed by atoms with Crippen LogP contribution in [0.2, 0.25) is 0 Å². The summed E-state index contributed by atoms with van der Waals surface area (Å²) in [4.78, 5) is 7.70. The van der Waals surface area contributed by atoms with Crippen molar-refractivity contribution in [3.05, 3.63) is 24.0 Å². The molecule has 0 spiro atoms. The summed E-state index contributed by atoms with van der Waals surface area (Å²) < 4.78 is 0. The maximum atomic E-state index is 4.42. The highest BCUT2D eigenvalue weighted by atomic mass is 14.9. The topological polar surface area (TPSA) is 40.7 Å². The number of rotatable bonds is 4. The Balaban J connectivity index is 1.69. The maximum Gasteiger partial charge on any atom is 0.104 e. The predicted octanol–water partition coefficient (Wildman–Crippen LogP) is 3.86. The van der Waals surface area contributed by atoms with Gasteiger partial charge in [0.05, 0.1) is 11.0 Å². The molecule has 1 saturated carbocycles. The number of benzene rings is 1. The maximum absolute atomic E-state index is 4.42. The van der Waals surface area contributed by atoms with Crippen LogP contribution in [0.15, 0.2) is 18.2 Å². The molecule has 1 heterocycles. The van der Waals surface area contributed by atoms with Crippen molar-refractivity contribution in [2.75, 3.05) is 5.32 Å². The van der Waals surface area contributed by atoms with Crippen molar-refractivity contribution in [3.8, 4) is 0 Å². The summed E-state index contributed by atoms with van der Waals surface area (Å²) in [7, 11) is 0. The number of imidazole rings is 1. The molecule has 0 amide bonds. The smallest absolute Gasteiger partial charge is 0.104 e. The lowest BCUT2D eigenvalue weighted by Gasteiger charge is -2.28. The minimum absolute atomic E-state index is 0.553. The fourth-order valence-corrected chi connectivity index (χ4v) is 2.80. The lowest BCUT2D eigenvalue weighted by molar-refractivity contribution is 0.286. The molecule has 18 heavy (non-hydrogen) atoms. The van der Waals surface area contributed by atoms with Crippen LogP contribution in [-0.2, 0) is 0 Å². The third-order valence-corrected chi connectivity index (χ3v) is 3.92. The lowest BCUT2D eigenvalue weighted by Crippen LogP contribution is -2.23. The van der Waals surface area contributed by atoms with Gasteiger partial charge >= 0.3 is 0 Å². The number of fused-ring (bicyclic) bond motifs is 1. The number of anilines is 1. The van der Waals surface area contributed by atoms with Gasteiger partial charge in [0.1, 0.15) is 5.82 Å². The van der Waals surface area contributed by atoms with Gasteiger partial charge in [-0.15, -0.1) is 0 Å². The molecule has 3 heteroatoms. The standard InChI is InChI=1S/C15H21N3/c1-10(8-12-4-3-5-12)16-13-6-7-14-15(9-13)18-11(2)17-14/h6-7,9-10,12,16H,3-5,8H2,1-2H3,(H,17,18). The van der Waals surface area contributed by atoms with Crippen LogP contribution in [0, 0.1) is 12.8 Å². The highest BCUT2D eigenvalue weighted by Crippen LogP contribution is 2.31. The van der Waals surface area contributed by atoms with Crippen molar-refractivity contribution in [1.82, 2.24) is 9.97 Å². The molecule has 1 aliphatic carbocycles. The molecule has 3 rings (SSSR count). The van der Waals surface area contributed by atoms with Crippen LogP contribution in [0.5, 0.6) is 0 Å². The van der Waals surface area contributed by atoms with Gasteiger partial charge in [0.25, 0.3) is 0 Å². The van der Waals surface area contributed by atoms with E-state index in [1.165, 1.54) is 31.4 Å². The molecule has 96 valence electrons. The molecule has 2 aromatic rings. The highest BCUT2D eigenvalue weighted by Gasteiger charge is 2.19. The van der Waals surface area contributed by atoms with Crippen molar-refractivity contribution in [3.63, 3.8) is 0 Å². The third-order valence-electron chi connectivity index (χ3n) is 3.92. The zero-order valence-corrected chi connectivity index (χ0v) is 11.2. The van der Waals surface area contributed by atoms with Crippen molar-refractivity contribution < 1.29 is 0 Å². The summed E-state index contributed by atoms with van der Waals surface area (Å²) in [6.45, 7) is 4.27. The highest BCUT2D eigenvalue weighted by molar-refractivity contribution is 5.79. The number of nitrogens with one attached hydrogen (secondary N) is 2. The molecule has 3 nitrogen and oxygen atoms in total. The van der Waals surface area contributed by atoms with Crippen LogP contribution < -0.4 is 5.32 Å². The summed E-state index contributed by atoms with van der Waals surface area (Å²) in [6, 6.07) is 6.92. The van der Waals surface area contributed by atoms with E-state index in [0.29, 0.717) is 6.04 Å². The average Bonchev–Trinajstić information content (AvgIpc) is 2.63. The van der Waals surface area contributed by atoms with Gasteiger partial charge in [-0.25, -0.2) is 4.98 Å². The van der Waals surface area contributed by atoms with E-state index in [4.69, 9.17) is 0 Å². The largest absolute Gasteiger partial charge is 0.383 e. The SMILES string of the molecule is Cc1nc2ccc(NC(C)CC3CCC3)cc2[nH]1. The fraction of sp³-hybridized carbons (Fsp3) is 0.533. The van der Waals surface area contributed by atoms with Crippen LogP contribution >= 0.6 is 0 Å². The van der Waals surface area contributed by atoms with Gasteiger partial charge in [0, 0.05) is 11.7 Å². The van der Waals surface area contributed by atoms with Crippen molar-refractivity contribution in [2.24, 2.45) is 5.92 Å². The molecule has 0 bridgehead atoms. The monoisotopic (exact) mass is 243 g/mol. The van der Waals surface area contributed by atoms with Gasteiger partial charge in [0.2, 0.25) is 0 Å². The van der Waals surface area contributed by atoms with Crippen molar-refractivity contribution in [1.29, 1.82) is 0 Å². The Morgan fingerprint density at radius 2 is 2.28 bits per heavy atom.